The number of hydrogen-bond donors (Lipinski definition) is 1. The van der Waals surface area contributed by atoms with E-state index < -0.39 is 0 Å². The smallest absolute Gasteiger partial charge is 0.180 e. The van der Waals surface area contributed by atoms with Gasteiger partial charge in [0.1, 0.15) is 0 Å². The van der Waals surface area contributed by atoms with Crippen LogP contribution in [-0.2, 0) is 6.42 Å². The van der Waals surface area contributed by atoms with Crippen molar-refractivity contribution in [1.29, 1.82) is 0 Å². The molecule has 1 aromatic rings. The molecule has 0 amide bonds. The number of hydrogen-bond acceptors (Lipinski definition) is 3. The molecule has 80 valence electrons. The fraction of sp³-hybridized carbons (Fsp3) is 0.273. The zero-order valence-corrected chi connectivity index (χ0v) is 9.79. The molecule has 1 aromatic carbocycles. The van der Waals surface area contributed by atoms with Gasteiger partial charge < -0.3 is 5.73 Å². The predicted molar refractivity (Wildman–Crippen MR) is 68.6 cm³/mol. The largest absolute Gasteiger partial charge is 0.377 e. The molecule has 4 heteroatoms. The quantitative estimate of drug-likeness (QED) is 0.483. The van der Waals surface area contributed by atoms with Crippen LogP contribution in [-0.4, -0.2) is 17.6 Å². The zero-order valence-electron chi connectivity index (χ0n) is 8.97. The minimum Gasteiger partial charge on any atom is -0.377 e. The van der Waals surface area contributed by atoms with Crippen molar-refractivity contribution in [3.05, 3.63) is 35.4 Å². The standard InChI is InChI=1S/C11H15N3S/c1-3-9-4-6-10(7-5-9)8-13-14-11(12)15-2/h4-8H,3H2,1-2H3,(H2,12,14)/b13-8-. The van der Waals surface area contributed by atoms with Crippen LogP contribution in [0.5, 0.6) is 0 Å². The predicted octanol–water partition coefficient (Wildman–Crippen LogP) is 2.26. The van der Waals surface area contributed by atoms with Crippen molar-refractivity contribution in [1.82, 2.24) is 0 Å². The Morgan fingerprint density at radius 2 is 2.07 bits per heavy atom. The lowest BCUT2D eigenvalue weighted by Gasteiger charge is -1.95. The van der Waals surface area contributed by atoms with Crippen LogP contribution in [0.3, 0.4) is 0 Å². The van der Waals surface area contributed by atoms with Crippen LogP contribution >= 0.6 is 11.8 Å². The fourth-order valence-corrected chi connectivity index (χ4v) is 1.16. The first-order valence-electron chi connectivity index (χ1n) is 4.75. The molecule has 2 N–H and O–H groups in total. The molecule has 0 unspecified atom stereocenters. The summed E-state index contributed by atoms with van der Waals surface area (Å²) in [6.07, 6.45) is 4.61. The maximum Gasteiger partial charge on any atom is 0.180 e. The van der Waals surface area contributed by atoms with Crippen LogP contribution in [0.25, 0.3) is 0 Å². The molecule has 0 saturated carbocycles. The number of rotatable bonds is 3. The highest BCUT2D eigenvalue weighted by Crippen LogP contribution is 2.03. The van der Waals surface area contributed by atoms with Gasteiger partial charge in [0.25, 0.3) is 0 Å². The van der Waals surface area contributed by atoms with Crippen LogP contribution in [0.2, 0.25) is 0 Å². The first-order chi connectivity index (χ1) is 7.26. The van der Waals surface area contributed by atoms with Crippen LogP contribution < -0.4 is 5.73 Å². The highest BCUT2D eigenvalue weighted by Gasteiger charge is 1.89. The van der Waals surface area contributed by atoms with Gasteiger partial charge in [0.2, 0.25) is 0 Å². The van der Waals surface area contributed by atoms with Crippen molar-refractivity contribution in [2.24, 2.45) is 15.9 Å². The summed E-state index contributed by atoms with van der Waals surface area (Å²) in [7, 11) is 0. The third-order valence-corrected chi connectivity index (χ3v) is 2.46. The van der Waals surface area contributed by atoms with Crippen LogP contribution in [0.1, 0.15) is 18.1 Å². The number of nitrogens with zero attached hydrogens (tertiary/aromatic N) is 2. The maximum atomic E-state index is 5.48. The SMILES string of the molecule is CCc1ccc(/C=N\N=C(/N)SC)cc1. The lowest BCUT2D eigenvalue weighted by Crippen LogP contribution is -2.03. The molecular weight excluding hydrogens is 206 g/mol. The van der Waals surface area contributed by atoms with E-state index in [1.54, 1.807) is 6.21 Å². The van der Waals surface area contributed by atoms with Gasteiger partial charge in [-0.05, 0) is 23.8 Å². The van der Waals surface area contributed by atoms with Crippen molar-refractivity contribution in [2.75, 3.05) is 6.26 Å². The van der Waals surface area contributed by atoms with Gasteiger partial charge in [-0.1, -0.05) is 43.0 Å². The molecule has 3 nitrogen and oxygen atoms in total. The molecule has 0 saturated heterocycles. The Morgan fingerprint density at radius 3 is 2.60 bits per heavy atom. The number of benzene rings is 1. The Balaban J connectivity index is 2.65. The molecule has 0 aliphatic carbocycles. The topological polar surface area (TPSA) is 50.7 Å². The number of nitrogens with two attached hydrogens (primary N) is 1. The Kier molecular flexibility index (Phi) is 4.90. The zero-order chi connectivity index (χ0) is 11.1. The second-order valence-electron chi connectivity index (χ2n) is 2.98. The molecule has 0 atom stereocenters. The van der Waals surface area contributed by atoms with E-state index in [9.17, 15) is 0 Å². The summed E-state index contributed by atoms with van der Waals surface area (Å²) in [4.78, 5) is 0. The molecule has 0 bridgehead atoms. The van der Waals surface area contributed by atoms with Crippen molar-refractivity contribution in [2.45, 2.75) is 13.3 Å². The van der Waals surface area contributed by atoms with E-state index in [-0.39, 0.29) is 0 Å². The molecule has 0 aliphatic rings. The number of thioether (sulfide) groups is 1. The van der Waals surface area contributed by atoms with E-state index >= 15 is 0 Å². The van der Waals surface area contributed by atoms with Crippen molar-refractivity contribution in [3.8, 4) is 0 Å². The summed E-state index contributed by atoms with van der Waals surface area (Å²) in [6, 6.07) is 8.21. The van der Waals surface area contributed by atoms with Gasteiger partial charge in [0, 0.05) is 0 Å². The summed E-state index contributed by atoms with van der Waals surface area (Å²) in [5.74, 6) is 0. The molecule has 1 rings (SSSR count). The van der Waals surface area contributed by atoms with Gasteiger partial charge >= 0.3 is 0 Å². The van der Waals surface area contributed by atoms with E-state index in [0.717, 1.165) is 12.0 Å². The highest BCUT2D eigenvalue weighted by atomic mass is 32.2. The Labute approximate surface area is 94.5 Å². The molecule has 0 aliphatic heterocycles. The Hall–Kier alpha value is -1.29. The monoisotopic (exact) mass is 221 g/mol. The minimum absolute atomic E-state index is 0.469. The molecular formula is C11H15N3S. The molecule has 0 aromatic heterocycles. The Morgan fingerprint density at radius 1 is 1.40 bits per heavy atom. The fourth-order valence-electron chi connectivity index (χ4n) is 1.03. The van der Waals surface area contributed by atoms with Gasteiger partial charge in [-0.3, -0.25) is 0 Å². The third kappa shape index (κ3) is 4.16. The van der Waals surface area contributed by atoms with E-state index in [0.29, 0.717) is 5.17 Å². The summed E-state index contributed by atoms with van der Waals surface area (Å²) in [6.45, 7) is 2.13. The molecule has 15 heavy (non-hydrogen) atoms. The summed E-state index contributed by atoms with van der Waals surface area (Å²) in [5, 5.41) is 8.16. The highest BCUT2D eigenvalue weighted by molar-refractivity contribution is 8.13. The maximum absolute atomic E-state index is 5.48. The van der Waals surface area contributed by atoms with Crippen LogP contribution in [0, 0.1) is 0 Å². The van der Waals surface area contributed by atoms with E-state index in [4.69, 9.17) is 5.73 Å². The first kappa shape index (κ1) is 11.8. The van der Waals surface area contributed by atoms with Crippen LogP contribution in [0.4, 0.5) is 0 Å². The molecule has 0 spiro atoms. The lowest BCUT2D eigenvalue weighted by atomic mass is 10.1. The van der Waals surface area contributed by atoms with Gasteiger partial charge in [-0.15, -0.1) is 5.10 Å². The van der Waals surface area contributed by atoms with Gasteiger partial charge in [0.15, 0.2) is 5.17 Å². The van der Waals surface area contributed by atoms with E-state index in [1.807, 2.05) is 18.4 Å². The summed E-state index contributed by atoms with van der Waals surface area (Å²) in [5.41, 5.74) is 7.83. The van der Waals surface area contributed by atoms with E-state index in [2.05, 4.69) is 29.3 Å². The Bertz CT molecular complexity index is 355. The third-order valence-electron chi connectivity index (χ3n) is 1.96. The summed E-state index contributed by atoms with van der Waals surface area (Å²) < 4.78 is 0. The minimum atomic E-state index is 0.469. The lowest BCUT2D eigenvalue weighted by molar-refractivity contribution is 1.14. The molecule has 0 heterocycles. The van der Waals surface area contributed by atoms with Crippen molar-refractivity contribution >= 4 is 23.1 Å². The van der Waals surface area contributed by atoms with Crippen LogP contribution in [0.15, 0.2) is 34.5 Å². The van der Waals surface area contributed by atoms with Gasteiger partial charge in [-0.25, -0.2) is 0 Å². The summed E-state index contributed by atoms with van der Waals surface area (Å²) >= 11 is 1.38. The average Bonchev–Trinajstić information content (AvgIpc) is 2.29. The second kappa shape index (κ2) is 6.24. The van der Waals surface area contributed by atoms with E-state index in [1.165, 1.54) is 17.3 Å². The van der Waals surface area contributed by atoms with Gasteiger partial charge in [-0.2, -0.15) is 5.10 Å². The average molecular weight is 221 g/mol. The number of amidine groups is 1. The second-order valence-corrected chi connectivity index (χ2v) is 3.81. The number of aryl methyl sites for hydroxylation is 1. The first-order valence-corrected chi connectivity index (χ1v) is 5.98. The van der Waals surface area contributed by atoms with Crippen molar-refractivity contribution < 1.29 is 0 Å². The molecule has 0 fully saturated rings. The normalized spacial score (nSPS) is 12.3. The van der Waals surface area contributed by atoms with Gasteiger partial charge in [0.05, 0.1) is 6.21 Å². The van der Waals surface area contributed by atoms with Crippen molar-refractivity contribution in [3.63, 3.8) is 0 Å². The molecule has 0 radical (unpaired) electrons.